The summed E-state index contributed by atoms with van der Waals surface area (Å²) in [5.74, 6) is -0.250. The summed E-state index contributed by atoms with van der Waals surface area (Å²) >= 11 is 11.5. The topological polar surface area (TPSA) is 71.4 Å². The molecule has 1 saturated heterocycles. The number of nitrogens with zero attached hydrogens (tertiary/aromatic N) is 3. The largest absolute Gasteiger partial charge is 0.350 e. The zero-order valence-corrected chi connectivity index (χ0v) is 20.5. The van der Waals surface area contributed by atoms with E-state index < -0.39 is 11.6 Å². The van der Waals surface area contributed by atoms with E-state index in [0.717, 1.165) is 16.9 Å². The van der Waals surface area contributed by atoms with Crippen LogP contribution in [0.25, 0.3) is 0 Å². The number of nitriles is 1. The minimum atomic E-state index is -1.27. The normalized spacial score (nSPS) is 20.5. The number of hydrogen-bond donors (Lipinski definition) is 2. The van der Waals surface area contributed by atoms with E-state index in [1.165, 1.54) is 0 Å². The summed E-state index contributed by atoms with van der Waals surface area (Å²) in [6.07, 6.45) is 1.31. The van der Waals surface area contributed by atoms with Gasteiger partial charge >= 0.3 is 0 Å². The van der Waals surface area contributed by atoms with Gasteiger partial charge in [0.1, 0.15) is 0 Å². The molecule has 3 aromatic carbocycles. The molecule has 1 fully saturated rings. The molecule has 0 aromatic heterocycles. The number of hydrogen-bond acceptors (Lipinski definition) is 4. The molecule has 1 amide bonds. The number of nitrogens with one attached hydrogen (secondary N) is 2. The number of carbonyl (C=O) groups is 1. The van der Waals surface area contributed by atoms with Crippen LogP contribution in [-0.4, -0.2) is 33.5 Å². The molecule has 2 aliphatic heterocycles. The lowest BCUT2D eigenvalue weighted by atomic mass is 9.83. The first-order valence-electron chi connectivity index (χ1n) is 11.4. The lowest BCUT2D eigenvalue weighted by Gasteiger charge is -2.34. The van der Waals surface area contributed by atoms with E-state index in [9.17, 15) is 10.1 Å². The van der Waals surface area contributed by atoms with Crippen molar-refractivity contribution >= 4 is 57.5 Å². The van der Waals surface area contributed by atoms with Crippen LogP contribution < -0.4 is 15.5 Å². The summed E-state index contributed by atoms with van der Waals surface area (Å²) < 4.78 is 0. The van der Waals surface area contributed by atoms with Crippen molar-refractivity contribution in [3.63, 3.8) is 0 Å². The Hall–Kier alpha value is -3.80. The molecule has 35 heavy (non-hydrogen) atoms. The Morgan fingerprint density at radius 3 is 2.40 bits per heavy atom. The van der Waals surface area contributed by atoms with E-state index in [1.54, 1.807) is 0 Å². The Morgan fingerprint density at radius 1 is 1.03 bits per heavy atom. The number of fused-ring (bicyclic) bond motifs is 2. The number of rotatable bonds is 6. The van der Waals surface area contributed by atoms with Gasteiger partial charge in [-0.2, -0.15) is 5.26 Å². The Bertz CT molecular complexity index is 1320. The van der Waals surface area contributed by atoms with Crippen LogP contribution in [0.15, 0.2) is 84.9 Å². The van der Waals surface area contributed by atoms with Crippen LogP contribution in [0.1, 0.15) is 18.4 Å². The maximum Gasteiger partial charge on any atom is 0.258 e. The number of amides is 1. The second-order valence-electron chi connectivity index (χ2n) is 8.46. The Morgan fingerprint density at radius 2 is 1.69 bits per heavy atom. The van der Waals surface area contributed by atoms with Gasteiger partial charge in [0.15, 0.2) is 16.7 Å². The summed E-state index contributed by atoms with van der Waals surface area (Å²) in [5, 5.41) is 17.1. The van der Waals surface area contributed by atoms with Gasteiger partial charge in [-0.05, 0) is 55.4 Å². The van der Waals surface area contributed by atoms with E-state index in [-0.39, 0.29) is 5.91 Å². The Labute approximate surface area is 215 Å². The van der Waals surface area contributed by atoms with Crippen LogP contribution in [0.4, 0.5) is 17.1 Å². The molecule has 174 valence electrons. The second-order valence-corrected chi connectivity index (χ2v) is 9.32. The van der Waals surface area contributed by atoms with E-state index in [1.807, 2.05) is 94.7 Å². The van der Waals surface area contributed by atoms with Crippen molar-refractivity contribution in [3.8, 4) is 6.07 Å². The van der Waals surface area contributed by atoms with E-state index in [2.05, 4.69) is 16.7 Å². The van der Waals surface area contributed by atoms with Crippen molar-refractivity contribution in [2.24, 2.45) is 0 Å². The summed E-state index contributed by atoms with van der Waals surface area (Å²) in [5.41, 5.74) is 1.90. The molecule has 0 bridgehead atoms. The molecule has 2 N–H and O–H groups in total. The predicted octanol–water partition coefficient (Wildman–Crippen LogP) is 5.05. The van der Waals surface area contributed by atoms with Crippen molar-refractivity contribution in [3.05, 3.63) is 90.5 Å². The van der Waals surface area contributed by atoms with Gasteiger partial charge in [0.05, 0.1) is 11.1 Å². The first kappa shape index (κ1) is 23.0. The summed E-state index contributed by atoms with van der Waals surface area (Å²) in [7, 11) is 0. The molecule has 5 rings (SSSR count). The number of anilines is 3. The summed E-state index contributed by atoms with van der Waals surface area (Å²) in [6, 6.07) is 28.5. The van der Waals surface area contributed by atoms with Gasteiger partial charge < -0.3 is 15.5 Å². The highest BCUT2D eigenvalue weighted by molar-refractivity contribution is 7.80. The molecule has 2 aliphatic rings. The fraction of sp³-hybridized carbons (Fsp3) is 0.185. The zero-order valence-electron chi connectivity index (χ0n) is 18.8. The molecule has 2 unspecified atom stereocenters. The third kappa shape index (κ3) is 3.83. The van der Waals surface area contributed by atoms with E-state index in [4.69, 9.17) is 24.4 Å². The highest BCUT2D eigenvalue weighted by atomic mass is 32.1. The quantitative estimate of drug-likeness (QED) is 0.462. The molecule has 1 spiro atoms. The monoisotopic (exact) mass is 497 g/mol. The van der Waals surface area contributed by atoms with Crippen LogP contribution >= 0.6 is 24.4 Å². The molecule has 3 aromatic rings. The first-order valence-corrected chi connectivity index (χ1v) is 12.2. The average Bonchev–Trinajstić information content (AvgIpc) is 3.31. The van der Waals surface area contributed by atoms with Gasteiger partial charge in [0.25, 0.3) is 5.91 Å². The molecule has 2 atom stereocenters. The first-order chi connectivity index (χ1) is 17.1. The summed E-state index contributed by atoms with van der Waals surface area (Å²) in [6.45, 7) is 0.494. The zero-order chi connectivity index (χ0) is 24.4. The van der Waals surface area contributed by atoms with Gasteiger partial charge in [-0.1, -0.05) is 66.8 Å². The maximum absolute atomic E-state index is 13.7. The minimum Gasteiger partial charge on any atom is -0.350 e. The maximum atomic E-state index is 13.7. The van der Waals surface area contributed by atoms with Crippen molar-refractivity contribution in [1.82, 2.24) is 4.90 Å². The second kappa shape index (κ2) is 9.45. The lowest BCUT2D eigenvalue weighted by molar-refractivity contribution is -0.121. The van der Waals surface area contributed by atoms with Gasteiger partial charge in [-0.25, -0.2) is 0 Å². The van der Waals surface area contributed by atoms with Gasteiger partial charge in [0.2, 0.25) is 0 Å². The molecule has 2 heterocycles. The van der Waals surface area contributed by atoms with E-state index >= 15 is 0 Å². The SMILES string of the molecule is N#CC1N(CCCC(=S)Nc2ccccc2)C(=S)N(c2ccccc2)C12C(=O)Nc1ccccc12. The highest BCUT2D eigenvalue weighted by Crippen LogP contribution is 2.50. The fourth-order valence-corrected chi connectivity index (χ4v) is 5.64. The number of thiocarbonyl (C=S) groups is 2. The van der Waals surface area contributed by atoms with E-state index in [0.29, 0.717) is 35.2 Å². The minimum absolute atomic E-state index is 0.250. The van der Waals surface area contributed by atoms with Crippen molar-refractivity contribution in [2.45, 2.75) is 24.4 Å². The van der Waals surface area contributed by atoms with Crippen molar-refractivity contribution < 1.29 is 4.79 Å². The molecule has 0 radical (unpaired) electrons. The third-order valence-corrected chi connectivity index (χ3v) is 7.15. The average molecular weight is 498 g/mol. The molecule has 6 nitrogen and oxygen atoms in total. The predicted molar refractivity (Wildman–Crippen MR) is 146 cm³/mol. The molecular weight excluding hydrogens is 474 g/mol. The molecule has 8 heteroatoms. The fourth-order valence-electron chi connectivity index (χ4n) is 4.93. The lowest BCUT2D eigenvalue weighted by Crippen LogP contribution is -2.54. The van der Waals surface area contributed by atoms with Crippen molar-refractivity contribution in [1.29, 1.82) is 5.26 Å². The Balaban J connectivity index is 1.45. The van der Waals surface area contributed by atoms with Gasteiger partial charge in [0, 0.05) is 29.2 Å². The molecular formula is C27H23N5OS2. The molecule has 0 saturated carbocycles. The summed E-state index contributed by atoms with van der Waals surface area (Å²) in [4.78, 5) is 18.1. The van der Waals surface area contributed by atoms with Crippen LogP contribution in [-0.2, 0) is 10.3 Å². The third-order valence-electron chi connectivity index (χ3n) is 6.43. The standard InChI is InChI=1S/C27H23N5OS2/c28-18-23-27(21-14-7-8-15-22(21)30-25(27)33)32(20-12-5-2-6-13-20)26(35)31(23)17-9-16-24(34)29-19-10-3-1-4-11-19/h1-8,10-15,23H,9,16-17H2,(H,29,34)(H,30,33). The Kier molecular flexibility index (Phi) is 6.20. The molecule has 0 aliphatic carbocycles. The van der Waals surface area contributed by atoms with Crippen LogP contribution in [0.3, 0.4) is 0 Å². The van der Waals surface area contributed by atoms with Crippen LogP contribution in [0.2, 0.25) is 0 Å². The van der Waals surface area contributed by atoms with Crippen LogP contribution in [0.5, 0.6) is 0 Å². The van der Waals surface area contributed by atoms with Crippen molar-refractivity contribution in [2.75, 3.05) is 22.1 Å². The number of para-hydroxylation sites is 3. The number of benzene rings is 3. The van der Waals surface area contributed by atoms with Crippen LogP contribution in [0, 0.1) is 11.3 Å². The van der Waals surface area contributed by atoms with Gasteiger partial charge in [-0.3, -0.25) is 9.69 Å². The highest BCUT2D eigenvalue weighted by Gasteiger charge is 2.65. The number of carbonyl (C=O) groups excluding carboxylic acids is 1. The van der Waals surface area contributed by atoms with Gasteiger partial charge in [-0.15, -0.1) is 0 Å². The smallest absolute Gasteiger partial charge is 0.258 e.